The Balaban J connectivity index is 1.62. The number of nitrogens with zero attached hydrogens (tertiary/aromatic N) is 2. The van der Waals surface area contributed by atoms with Crippen LogP contribution in [0.2, 0.25) is 0 Å². The molecule has 0 fully saturated rings. The number of para-hydroxylation sites is 1. The Labute approximate surface area is 159 Å². The second-order valence-corrected chi connectivity index (χ2v) is 6.73. The highest BCUT2D eigenvalue weighted by Crippen LogP contribution is 2.33. The van der Waals surface area contributed by atoms with Crippen LogP contribution in [0, 0.1) is 0 Å². The number of methoxy groups -OCH3 is 1. The van der Waals surface area contributed by atoms with Crippen molar-refractivity contribution in [1.29, 1.82) is 0 Å². The zero-order chi connectivity index (χ0) is 18.8. The van der Waals surface area contributed by atoms with E-state index < -0.39 is 0 Å². The van der Waals surface area contributed by atoms with Crippen LogP contribution in [0.25, 0.3) is 0 Å². The monoisotopic (exact) mass is 361 g/mol. The number of hydrogen-bond acceptors (Lipinski definition) is 3. The molecule has 1 aromatic heterocycles. The molecule has 27 heavy (non-hydrogen) atoms. The molecule has 1 aliphatic rings. The molecule has 4 rings (SSSR count). The van der Waals surface area contributed by atoms with Gasteiger partial charge in [0.2, 0.25) is 0 Å². The number of fused-ring (bicyclic) bond motifs is 1. The molecule has 1 aliphatic heterocycles. The fourth-order valence-corrected chi connectivity index (χ4v) is 3.56. The topological polar surface area (TPSA) is 46.5 Å². The Hall–Kier alpha value is -3.21. The lowest BCUT2D eigenvalue weighted by Crippen LogP contribution is -2.44. The molecule has 0 spiro atoms. The van der Waals surface area contributed by atoms with Gasteiger partial charge in [-0.05, 0) is 48.4 Å². The van der Waals surface area contributed by atoms with E-state index in [1.807, 2.05) is 72.7 Å². The molecule has 0 aliphatic carbocycles. The van der Waals surface area contributed by atoms with E-state index in [1.165, 1.54) is 5.56 Å². The summed E-state index contributed by atoms with van der Waals surface area (Å²) in [7, 11) is 3.67. The minimum atomic E-state index is -0.189. The van der Waals surface area contributed by atoms with Crippen LogP contribution in [0.15, 0.2) is 66.9 Å². The Morgan fingerprint density at radius 1 is 1.04 bits per heavy atom. The zero-order valence-electron chi connectivity index (χ0n) is 15.6. The number of amides is 1. The van der Waals surface area contributed by atoms with Crippen LogP contribution >= 0.6 is 0 Å². The number of anilines is 1. The zero-order valence-corrected chi connectivity index (χ0v) is 15.6. The maximum absolute atomic E-state index is 13.2. The lowest BCUT2D eigenvalue weighted by atomic mass is 10.0. The van der Waals surface area contributed by atoms with E-state index in [9.17, 15) is 4.79 Å². The lowest BCUT2D eigenvalue weighted by Gasteiger charge is -2.38. The summed E-state index contributed by atoms with van der Waals surface area (Å²) in [5.41, 5.74) is 3.84. The van der Waals surface area contributed by atoms with Gasteiger partial charge in [-0.2, -0.15) is 0 Å². The average molecular weight is 361 g/mol. The number of nitrogens with one attached hydrogen (secondary N) is 1. The van der Waals surface area contributed by atoms with Crippen LogP contribution in [-0.4, -0.2) is 29.0 Å². The molecule has 1 N–H and O–H groups in total. The van der Waals surface area contributed by atoms with Crippen molar-refractivity contribution in [2.24, 2.45) is 7.05 Å². The lowest BCUT2D eigenvalue weighted by molar-refractivity contribution is 0.0680. The second kappa shape index (κ2) is 7.19. The third kappa shape index (κ3) is 3.28. The average Bonchev–Trinajstić information content (AvgIpc) is 3.13. The summed E-state index contributed by atoms with van der Waals surface area (Å²) in [6.07, 6.45) is 2.59. The van der Waals surface area contributed by atoms with Crippen LogP contribution in [0.3, 0.4) is 0 Å². The first-order valence-corrected chi connectivity index (χ1v) is 9.08. The van der Waals surface area contributed by atoms with Gasteiger partial charge in [0.05, 0.1) is 18.4 Å². The number of rotatable bonds is 5. The first-order chi connectivity index (χ1) is 13.2. The van der Waals surface area contributed by atoms with Crippen molar-refractivity contribution < 1.29 is 9.53 Å². The maximum atomic E-state index is 13.2. The highest BCUT2D eigenvalue weighted by atomic mass is 16.5. The molecule has 1 atom stereocenters. The number of aromatic nitrogens is 1. The molecule has 138 valence electrons. The van der Waals surface area contributed by atoms with Crippen LogP contribution in [0.1, 0.15) is 27.8 Å². The molecule has 5 heteroatoms. The number of carbonyl (C=O) groups is 1. The van der Waals surface area contributed by atoms with E-state index in [0.29, 0.717) is 6.54 Å². The summed E-state index contributed by atoms with van der Waals surface area (Å²) in [6.45, 7) is 0.627. The van der Waals surface area contributed by atoms with Crippen LogP contribution in [0.5, 0.6) is 5.75 Å². The predicted octanol–water partition coefficient (Wildman–Crippen LogP) is 3.84. The van der Waals surface area contributed by atoms with Crippen molar-refractivity contribution in [3.63, 3.8) is 0 Å². The Bertz CT molecular complexity index is 946. The molecular formula is C22H23N3O2. The Kier molecular flexibility index (Phi) is 4.59. The molecule has 1 amide bonds. The quantitative estimate of drug-likeness (QED) is 0.751. The van der Waals surface area contributed by atoms with E-state index >= 15 is 0 Å². The fourth-order valence-electron chi connectivity index (χ4n) is 3.56. The smallest absolute Gasteiger partial charge is 0.257 e. The van der Waals surface area contributed by atoms with Crippen molar-refractivity contribution in [3.05, 3.63) is 83.7 Å². The summed E-state index contributed by atoms with van der Waals surface area (Å²) in [6, 6.07) is 19.8. The van der Waals surface area contributed by atoms with Gasteiger partial charge < -0.3 is 19.5 Å². The summed E-state index contributed by atoms with van der Waals surface area (Å²) in [5.74, 6) is 0.897. The van der Waals surface area contributed by atoms with Crippen molar-refractivity contribution >= 4 is 11.6 Å². The van der Waals surface area contributed by atoms with Crippen LogP contribution in [-0.2, 0) is 13.5 Å². The van der Waals surface area contributed by atoms with Crippen molar-refractivity contribution in [2.45, 2.75) is 12.6 Å². The molecule has 2 aromatic carbocycles. The molecule has 1 unspecified atom stereocenters. The first kappa shape index (κ1) is 17.2. The SMILES string of the molecule is COc1ccc(CCN2C(=O)c3ccccc3NC2c2cccn2C)cc1. The minimum absolute atomic E-state index is 0.0593. The molecular weight excluding hydrogens is 338 g/mol. The van der Waals surface area contributed by atoms with E-state index in [1.54, 1.807) is 7.11 Å². The first-order valence-electron chi connectivity index (χ1n) is 9.08. The van der Waals surface area contributed by atoms with E-state index in [2.05, 4.69) is 16.0 Å². The van der Waals surface area contributed by atoms with Crippen molar-refractivity contribution in [2.75, 3.05) is 19.0 Å². The third-order valence-electron chi connectivity index (χ3n) is 5.09. The summed E-state index contributed by atoms with van der Waals surface area (Å²) < 4.78 is 7.28. The van der Waals surface area contributed by atoms with E-state index in [0.717, 1.165) is 29.1 Å². The maximum Gasteiger partial charge on any atom is 0.257 e. The predicted molar refractivity (Wildman–Crippen MR) is 106 cm³/mol. The number of ether oxygens (including phenoxy) is 1. The van der Waals surface area contributed by atoms with Gasteiger partial charge in [-0.1, -0.05) is 24.3 Å². The number of benzene rings is 2. The van der Waals surface area contributed by atoms with E-state index in [-0.39, 0.29) is 12.1 Å². The minimum Gasteiger partial charge on any atom is -0.497 e. The fraction of sp³-hybridized carbons (Fsp3) is 0.227. The summed E-state index contributed by atoms with van der Waals surface area (Å²) in [5, 5.41) is 3.54. The highest BCUT2D eigenvalue weighted by Gasteiger charge is 2.33. The second-order valence-electron chi connectivity index (χ2n) is 6.73. The van der Waals surface area contributed by atoms with Gasteiger partial charge in [-0.3, -0.25) is 4.79 Å². The molecule has 2 heterocycles. The van der Waals surface area contributed by atoms with Crippen LogP contribution < -0.4 is 10.1 Å². The van der Waals surface area contributed by atoms with Gasteiger partial charge in [0.1, 0.15) is 11.9 Å². The molecule has 5 nitrogen and oxygen atoms in total. The summed E-state index contributed by atoms with van der Waals surface area (Å²) >= 11 is 0. The van der Waals surface area contributed by atoms with Crippen molar-refractivity contribution in [1.82, 2.24) is 9.47 Å². The van der Waals surface area contributed by atoms with Gasteiger partial charge >= 0.3 is 0 Å². The van der Waals surface area contributed by atoms with Gasteiger partial charge in [0, 0.05) is 25.5 Å². The van der Waals surface area contributed by atoms with Gasteiger partial charge in [0.25, 0.3) is 5.91 Å². The van der Waals surface area contributed by atoms with Gasteiger partial charge in [-0.25, -0.2) is 0 Å². The largest absolute Gasteiger partial charge is 0.497 e. The van der Waals surface area contributed by atoms with Crippen LogP contribution in [0.4, 0.5) is 5.69 Å². The standard InChI is InChI=1S/C22H23N3O2/c1-24-14-5-8-20(24)21-23-19-7-4-3-6-18(19)22(26)25(21)15-13-16-9-11-17(27-2)12-10-16/h3-12,14,21,23H,13,15H2,1-2H3. The van der Waals surface area contributed by atoms with Gasteiger partial charge in [0.15, 0.2) is 0 Å². The Morgan fingerprint density at radius 3 is 2.52 bits per heavy atom. The van der Waals surface area contributed by atoms with Crippen molar-refractivity contribution in [3.8, 4) is 5.75 Å². The molecule has 0 saturated heterocycles. The normalized spacial score (nSPS) is 16.0. The van der Waals surface area contributed by atoms with E-state index in [4.69, 9.17) is 4.74 Å². The summed E-state index contributed by atoms with van der Waals surface area (Å²) in [4.78, 5) is 15.1. The number of carbonyl (C=O) groups excluding carboxylic acids is 1. The number of aryl methyl sites for hydroxylation is 1. The van der Waals surface area contributed by atoms with Gasteiger partial charge in [-0.15, -0.1) is 0 Å². The molecule has 0 radical (unpaired) electrons. The molecule has 3 aromatic rings. The number of hydrogen-bond donors (Lipinski definition) is 1. The third-order valence-corrected chi connectivity index (χ3v) is 5.09. The molecule has 0 bridgehead atoms. The highest BCUT2D eigenvalue weighted by molar-refractivity contribution is 6.01. The molecule has 0 saturated carbocycles. The Morgan fingerprint density at radius 2 is 1.81 bits per heavy atom.